The van der Waals surface area contributed by atoms with Crippen LogP contribution in [0.1, 0.15) is 239 Å². The van der Waals surface area contributed by atoms with Gasteiger partial charge in [0.05, 0.1) is 34.4 Å². The van der Waals surface area contributed by atoms with Crippen molar-refractivity contribution >= 4 is 17.9 Å². The average molecular weight is 875 g/mol. The highest BCUT2D eigenvalue weighted by molar-refractivity contribution is 5.72. The van der Waals surface area contributed by atoms with Gasteiger partial charge in [0.2, 0.25) is 0 Å². The van der Waals surface area contributed by atoms with E-state index in [4.69, 9.17) is 14.2 Å². The molecule has 0 saturated carbocycles. The van der Waals surface area contributed by atoms with Crippen molar-refractivity contribution in [3.05, 3.63) is 36.5 Å². The average Bonchev–Trinajstić information content (AvgIpc) is 3.23. The summed E-state index contributed by atoms with van der Waals surface area (Å²) < 4.78 is 17.3. The fourth-order valence-electron chi connectivity index (χ4n) is 7.73. The highest BCUT2D eigenvalue weighted by Crippen LogP contribution is 2.15. The molecule has 0 bridgehead atoms. The van der Waals surface area contributed by atoms with Crippen LogP contribution in [-0.2, 0) is 28.6 Å². The maximum Gasteiger partial charge on any atom is 0.362 e. The molecule has 0 heterocycles. The molecule has 2 atom stereocenters. The summed E-state index contributed by atoms with van der Waals surface area (Å²) in [5.41, 5.74) is 0. The molecule has 0 spiro atoms. The second-order valence-electron chi connectivity index (χ2n) is 18.8. The van der Waals surface area contributed by atoms with Crippen molar-refractivity contribution in [1.82, 2.24) is 0 Å². The Labute approximate surface area is 383 Å². The van der Waals surface area contributed by atoms with Gasteiger partial charge in [0.25, 0.3) is 0 Å². The van der Waals surface area contributed by atoms with Crippen LogP contribution in [0.4, 0.5) is 0 Å². The quantitative estimate of drug-likeness (QED) is 0.0214. The Morgan fingerprint density at radius 1 is 0.484 bits per heavy atom. The van der Waals surface area contributed by atoms with Crippen molar-refractivity contribution in [2.24, 2.45) is 0 Å². The number of quaternary nitrogens is 1. The first-order chi connectivity index (χ1) is 30.1. The van der Waals surface area contributed by atoms with E-state index in [0.717, 1.165) is 51.4 Å². The van der Waals surface area contributed by atoms with Crippen LogP contribution in [0.3, 0.4) is 0 Å². The lowest BCUT2D eigenvalue weighted by molar-refractivity contribution is -0.887. The van der Waals surface area contributed by atoms with Crippen LogP contribution in [0.15, 0.2) is 36.5 Å². The molecular formula is C54H100NO7+. The van der Waals surface area contributed by atoms with Gasteiger partial charge in [0.15, 0.2) is 12.1 Å². The fraction of sp³-hybridized carbons (Fsp3) is 0.833. The monoisotopic (exact) mass is 875 g/mol. The molecule has 62 heavy (non-hydrogen) atoms. The third kappa shape index (κ3) is 42.8. The minimum absolute atomic E-state index is 0.0525. The van der Waals surface area contributed by atoms with E-state index in [0.29, 0.717) is 19.3 Å². The number of hydrogen-bond donors (Lipinski definition) is 1. The molecule has 0 fully saturated rings. The van der Waals surface area contributed by atoms with Crippen LogP contribution in [0.5, 0.6) is 0 Å². The second-order valence-corrected chi connectivity index (χ2v) is 18.8. The smallest absolute Gasteiger partial charge is 0.362 e. The number of allylic oxidation sites excluding steroid dienone is 6. The van der Waals surface area contributed by atoms with Crippen LogP contribution in [-0.4, -0.2) is 80.6 Å². The number of esters is 2. The van der Waals surface area contributed by atoms with Crippen LogP contribution >= 0.6 is 0 Å². The summed E-state index contributed by atoms with van der Waals surface area (Å²) in [6.45, 7) is 4.73. The van der Waals surface area contributed by atoms with E-state index in [1.165, 1.54) is 154 Å². The number of carbonyl (C=O) groups is 3. The van der Waals surface area contributed by atoms with Gasteiger partial charge < -0.3 is 23.8 Å². The molecule has 0 aromatic carbocycles. The fourth-order valence-corrected chi connectivity index (χ4v) is 7.73. The molecule has 0 aromatic heterocycles. The van der Waals surface area contributed by atoms with Gasteiger partial charge >= 0.3 is 17.9 Å². The number of carboxylic acids is 1. The first-order valence-corrected chi connectivity index (χ1v) is 26.0. The first kappa shape index (κ1) is 59.5. The summed E-state index contributed by atoms with van der Waals surface area (Å²) in [5.74, 6) is -1.50. The summed E-state index contributed by atoms with van der Waals surface area (Å²) in [6.07, 6.45) is 53.4. The van der Waals surface area contributed by atoms with E-state index in [2.05, 4.69) is 50.3 Å². The van der Waals surface area contributed by atoms with Gasteiger partial charge in [0, 0.05) is 19.3 Å². The van der Waals surface area contributed by atoms with Crippen LogP contribution in [0, 0.1) is 0 Å². The SMILES string of the molecule is CCCCCCCCC/C=C/C=C/CCCCCC(=O)OCC(COCCC(C(=O)O)[N+](C)(C)C)OC(=O)CCCCCCCCC/C=C/CCCCCCCCCCCCC. The lowest BCUT2D eigenvalue weighted by Crippen LogP contribution is -2.50. The normalized spacial score (nSPS) is 13.1. The third-order valence-corrected chi connectivity index (χ3v) is 11.8. The van der Waals surface area contributed by atoms with E-state index in [1.807, 2.05) is 21.1 Å². The zero-order valence-corrected chi connectivity index (χ0v) is 41.3. The van der Waals surface area contributed by atoms with Crippen molar-refractivity contribution in [1.29, 1.82) is 0 Å². The molecule has 0 aliphatic rings. The number of likely N-dealkylation sites (N-methyl/N-ethyl adjacent to an activating group) is 1. The number of aliphatic carboxylic acids is 1. The van der Waals surface area contributed by atoms with Gasteiger partial charge in [-0.1, -0.05) is 192 Å². The van der Waals surface area contributed by atoms with Crippen LogP contribution in [0.25, 0.3) is 0 Å². The summed E-state index contributed by atoms with van der Waals surface area (Å²) in [6, 6.07) is -0.619. The Hall–Kier alpha value is -2.45. The third-order valence-electron chi connectivity index (χ3n) is 11.8. The first-order valence-electron chi connectivity index (χ1n) is 26.0. The molecule has 2 unspecified atom stereocenters. The minimum Gasteiger partial charge on any atom is -0.477 e. The topological polar surface area (TPSA) is 99.1 Å². The van der Waals surface area contributed by atoms with Crippen molar-refractivity contribution in [3.8, 4) is 0 Å². The summed E-state index contributed by atoms with van der Waals surface area (Å²) in [4.78, 5) is 37.1. The summed E-state index contributed by atoms with van der Waals surface area (Å²) in [7, 11) is 5.53. The molecule has 0 radical (unpaired) electrons. The number of hydrogen-bond acceptors (Lipinski definition) is 6. The van der Waals surface area contributed by atoms with Crippen LogP contribution in [0.2, 0.25) is 0 Å². The van der Waals surface area contributed by atoms with E-state index in [1.54, 1.807) is 0 Å². The molecule has 8 nitrogen and oxygen atoms in total. The Balaban J connectivity index is 4.26. The van der Waals surface area contributed by atoms with Gasteiger partial charge in [-0.2, -0.15) is 0 Å². The molecule has 362 valence electrons. The standard InChI is InChI=1S/C54H99NO7/c1-6-8-10-12-14-16-18-20-22-24-25-26-27-28-29-31-33-35-37-39-41-43-45-53(57)62-50(48-60-47-46-51(54(58)59)55(3,4)5)49-61-52(56)44-42-40-38-36-34-32-30-23-21-19-17-15-13-11-9-7-2/h23,27-28,30,32,34,50-51H,6-22,24-26,29,31,33,35-49H2,1-5H3/p+1/b28-27+,30-23+,34-32+. The van der Waals surface area contributed by atoms with Crippen LogP contribution < -0.4 is 0 Å². The number of rotatable bonds is 47. The van der Waals surface area contributed by atoms with E-state index in [9.17, 15) is 19.5 Å². The predicted octanol–water partition coefficient (Wildman–Crippen LogP) is 15.0. The second kappa shape index (κ2) is 45.1. The van der Waals surface area contributed by atoms with E-state index >= 15 is 0 Å². The summed E-state index contributed by atoms with van der Waals surface area (Å²) >= 11 is 0. The number of ether oxygens (including phenoxy) is 3. The number of unbranched alkanes of at least 4 members (excludes halogenated alkanes) is 28. The molecule has 0 amide bonds. The van der Waals surface area contributed by atoms with E-state index in [-0.39, 0.29) is 36.2 Å². The largest absolute Gasteiger partial charge is 0.477 e. The molecule has 0 rings (SSSR count). The molecule has 0 aliphatic carbocycles. The van der Waals surface area contributed by atoms with Crippen molar-refractivity contribution in [3.63, 3.8) is 0 Å². The summed E-state index contributed by atoms with van der Waals surface area (Å²) in [5, 5.41) is 9.65. The number of carbonyl (C=O) groups excluding carboxylic acids is 2. The molecule has 0 aromatic rings. The van der Waals surface area contributed by atoms with E-state index < -0.39 is 18.1 Å². The van der Waals surface area contributed by atoms with Crippen molar-refractivity contribution < 1.29 is 38.2 Å². The molecule has 0 aliphatic heterocycles. The van der Waals surface area contributed by atoms with Crippen molar-refractivity contribution in [2.45, 2.75) is 251 Å². The Kier molecular flexibility index (Phi) is 43.3. The Morgan fingerprint density at radius 2 is 0.855 bits per heavy atom. The maximum absolute atomic E-state index is 12.8. The highest BCUT2D eigenvalue weighted by Gasteiger charge is 2.31. The number of carboxylic acid groups (broad SMARTS) is 1. The molecular weight excluding hydrogens is 775 g/mol. The van der Waals surface area contributed by atoms with Gasteiger partial charge in [-0.15, -0.1) is 0 Å². The predicted molar refractivity (Wildman–Crippen MR) is 261 cm³/mol. The number of nitrogens with zero attached hydrogens (tertiary/aromatic N) is 1. The lowest BCUT2D eigenvalue weighted by Gasteiger charge is -2.31. The van der Waals surface area contributed by atoms with Gasteiger partial charge in [0.1, 0.15) is 6.61 Å². The Bertz CT molecular complexity index is 1110. The highest BCUT2D eigenvalue weighted by atomic mass is 16.6. The van der Waals surface area contributed by atoms with Gasteiger partial charge in [-0.25, -0.2) is 4.79 Å². The molecule has 1 N–H and O–H groups in total. The Morgan fingerprint density at radius 3 is 1.27 bits per heavy atom. The zero-order chi connectivity index (χ0) is 45.6. The zero-order valence-electron chi connectivity index (χ0n) is 41.3. The van der Waals surface area contributed by atoms with Crippen molar-refractivity contribution in [2.75, 3.05) is 41.0 Å². The molecule has 8 heteroatoms. The van der Waals surface area contributed by atoms with Gasteiger partial charge in [-0.05, 0) is 64.2 Å². The molecule has 0 saturated heterocycles. The van der Waals surface area contributed by atoms with Gasteiger partial charge in [-0.3, -0.25) is 9.59 Å². The minimum atomic E-state index is -0.877. The maximum atomic E-state index is 12.8. The lowest BCUT2D eigenvalue weighted by atomic mass is 10.0.